The molecule has 3 aromatic rings. The van der Waals surface area contributed by atoms with Crippen molar-refractivity contribution in [2.75, 3.05) is 46.9 Å². The van der Waals surface area contributed by atoms with Crippen molar-refractivity contribution < 1.29 is 57.8 Å². The van der Waals surface area contributed by atoms with E-state index in [1.807, 2.05) is 30.0 Å². The highest BCUT2D eigenvalue weighted by Gasteiger charge is 2.65. The zero-order valence-electron chi connectivity index (χ0n) is 37.5. The molecule has 7 atom stereocenters. The van der Waals surface area contributed by atoms with Crippen molar-refractivity contribution in [3.63, 3.8) is 0 Å². The zero-order chi connectivity index (χ0) is 45.3. The number of methoxy groups -OCH3 is 1. The minimum atomic E-state index is -1.44. The number of carbonyl (C=O) groups excluding carboxylic acids is 2. The Labute approximate surface area is 381 Å². The number of aliphatic hydroxyl groups is 2. The number of nitrogens with zero attached hydrogens (tertiary/aromatic N) is 2. The lowest BCUT2D eigenvalue weighted by Gasteiger charge is -2.60. The lowest BCUT2D eigenvalue weighted by atomic mass is 9.55. The number of fused-ring (bicyclic) bond motifs is 3. The summed E-state index contributed by atoms with van der Waals surface area (Å²) in [5.41, 5.74) is 3.32. The van der Waals surface area contributed by atoms with Crippen LogP contribution in [0.4, 0.5) is 0 Å². The Hall–Kier alpha value is -5.41. The molecule has 1 unspecified atom stereocenters. The van der Waals surface area contributed by atoms with Crippen molar-refractivity contribution in [2.24, 2.45) is 22.9 Å². The first-order chi connectivity index (χ1) is 31.9. The largest absolute Gasteiger partial charge is 0.496 e. The second-order valence-corrected chi connectivity index (χ2v) is 17.4. The Morgan fingerprint density at radius 2 is 1.75 bits per heavy atom. The molecule has 0 spiro atoms. The number of aliphatic hydroxyl groups excluding tert-OH is 2. The molecule has 0 radical (unpaired) electrons. The predicted molar refractivity (Wildman–Crippen MR) is 242 cm³/mol. The van der Waals surface area contributed by atoms with Crippen LogP contribution in [-0.4, -0.2) is 98.0 Å². The van der Waals surface area contributed by atoms with E-state index in [0.717, 1.165) is 55.9 Å². The summed E-state index contributed by atoms with van der Waals surface area (Å²) in [5, 5.41) is 25.0. The minimum absolute atomic E-state index is 0.00744. The molecule has 0 bridgehead atoms. The summed E-state index contributed by atoms with van der Waals surface area (Å²) in [6, 6.07) is 15.4. The normalized spacial score (nSPS) is 25.7. The third-order valence-electron chi connectivity index (χ3n) is 13.3. The van der Waals surface area contributed by atoms with E-state index in [9.17, 15) is 15.0 Å². The molecular formula is C51H62N2O12. The number of unbranched alkanes of at least 4 members (excludes halogenated alkanes) is 2. The van der Waals surface area contributed by atoms with E-state index in [-0.39, 0.29) is 56.7 Å². The molecule has 3 aliphatic heterocycles. The molecule has 5 aliphatic rings. The number of oxime groups is 1. The van der Waals surface area contributed by atoms with Gasteiger partial charge in [0.2, 0.25) is 18.9 Å². The summed E-state index contributed by atoms with van der Waals surface area (Å²) in [5.74, 6) is 0.725. The standard InChI is InChI=1S/C51H62N2O12/c1-4-21-53(50(57)34-15-18-44-45(28-34)61-32-60-44)46-30-41(52-65-47-14-8-11-25-59-47)39-27-33(12-6-9-22-54)38(13-7-10-23-55)48-40-29-37(63-36-16-19-42(58-3)35(26-36)31-56)17-20-43(40)64-51(46,49(39)48)62-24-5-2/h5,15-20,26-29,31,33,38,46-49,54-55H,2,4,6-14,21-25,30,32H2,1,3H3/t33-,38+,46-,47?,48+,49+,51+/m0/s1. The number of carbonyl (C=O) groups is 2. The van der Waals surface area contributed by atoms with Crippen LogP contribution in [0, 0.1) is 17.8 Å². The van der Waals surface area contributed by atoms with Gasteiger partial charge in [0.05, 0.1) is 37.5 Å². The molecule has 348 valence electrons. The number of benzene rings is 3. The van der Waals surface area contributed by atoms with E-state index in [1.54, 1.807) is 42.5 Å². The summed E-state index contributed by atoms with van der Waals surface area (Å²) in [7, 11) is 1.52. The first-order valence-electron chi connectivity index (χ1n) is 23.2. The van der Waals surface area contributed by atoms with Crippen molar-refractivity contribution in [3.05, 3.63) is 95.6 Å². The molecule has 8 rings (SSSR count). The highest BCUT2D eigenvalue weighted by Crippen LogP contribution is 2.62. The van der Waals surface area contributed by atoms with Crippen LogP contribution in [0.5, 0.6) is 34.5 Å². The number of allylic oxidation sites excluding steroid dienone is 1. The van der Waals surface area contributed by atoms with Crippen LogP contribution in [0.3, 0.4) is 0 Å². The Balaban J connectivity index is 1.32. The molecule has 14 heteroatoms. The molecule has 2 fully saturated rings. The van der Waals surface area contributed by atoms with E-state index >= 15 is 4.79 Å². The summed E-state index contributed by atoms with van der Waals surface area (Å²) in [6.07, 6.45) is 12.2. The SMILES string of the molecule is C=CCO[C@@]12Oc3ccc(Oc4ccc(OC)c(C=O)c4)cc3[C@H]3[C@H](CCCCO)[C@@H](CCCCO)C=C(C(=NOC4CCCCO4)C[C@@H]1N(CCC)C(=O)c1ccc4c(c1)OCO4)[C@H]32. The number of ether oxygens (including phenoxy) is 7. The fraction of sp³-hybridized carbons (Fsp3) is 0.510. The number of hydrogen-bond acceptors (Lipinski definition) is 13. The zero-order valence-corrected chi connectivity index (χ0v) is 37.5. The van der Waals surface area contributed by atoms with Crippen molar-refractivity contribution in [3.8, 4) is 34.5 Å². The smallest absolute Gasteiger partial charge is 0.254 e. The van der Waals surface area contributed by atoms with E-state index < -0.39 is 24.0 Å². The van der Waals surface area contributed by atoms with Gasteiger partial charge >= 0.3 is 0 Å². The van der Waals surface area contributed by atoms with Gasteiger partial charge < -0.3 is 53.1 Å². The average molecular weight is 895 g/mol. The Morgan fingerprint density at radius 1 is 0.969 bits per heavy atom. The maximum atomic E-state index is 15.2. The van der Waals surface area contributed by atoms with Gasteiger partial charge in [-0.2, -0.15) is 0 Å². The molecule has 65 heavy (non-hydrogen) atoms. The van der Waals surface area contributed by atoms with Gasteiger partial charge in [0.1, 0.15) is 29.0 Å². The predicted octanol–water partition coefficient (Wildman–Crippen LogP) is 8.74. The highest BCUT2D eigenvalue weighted by atomic mass is 16.8. The monoisotopic (exact) mass is 894 g/mol. The van der Waals surface area contributed by atoms with E-state index in [2.05, 4.69) is 12.7 Å². The number of amides is 1. The molecule has 2 aliphatic carbocycles. The topological polar surface area (TPSA) is 164 Å². The summed E-state index contributed by atoms with van der Waals surface area (Å²) in [4.78, 5) is 35.3. The lowest BCUT2D eigenvalue weighted by molar-refractivity contribution is -0.254. The first kappa shape index (κ1) is 46.1. The highest BCUT2D eigenvalue weighted by molar-refractivity contribution is 6.03. The van der Waals surface area contributed by atoms with Gasteiger partial charge in [0.25, 0.3) is 5.91 Å². The molecule has 1 saturated carbocycles. The third-order valence-corrected chi connectivity index (χ3v) is 13.3. The number of aldehydes is 1. The Kier molecular flexibility index (Phi) is 15.1. The maximum Gasteiger partial charge on any atom is 0.254 e. The lowest BCUT2D eigenvalue weighted by Crippen LogP contribution is -2.70. The second-order valence-electron chi connectivity index (χ2n) is 17.4. The van der Waals surface area contributed by atoms with Gasteiger partial charge in [-0.3, -0.25) is 9.59 Å². The van der Waals surface area contributed by atoms with E-state index in [4.69, 9.17) is 43.2 Å². The van der Waals surface area contributed by atoms with Gasteiger partial charge in [-0.05, 0) is 117 Å². The van der Waals surface area contributed by atoms with Crippen molar-refractivity contribution in [2.45, 2.75) is 102 Å². The van der Waals surface area contributed by atoms with E-state index in [1.165, 1.54) is 7.11 Å². The fourth-order valence-corrected chi connectivity index (χ4v) is 10.5. The van der Waals surface area contributed by atoms with Crippen LogP contribution in [0.25, 0.3) is 0 Å². The van der Waals surface area contributed by atoms with Crippen LogP contribution in [0.1, 0.15) is 110 Å². The van der Waals surface area contributed by atoms with Gasteiger partial charge in [0, 0.05) is 49.6 Å². The number of rotatable bonds is 21. The maximum absolute atomic E-state index is 15.2. The number of hydrogen-bond donors (Lipinski definition) is 2. The molecular weight excluding hydrogens is 833 g/mol. The summed E-state index contributed by atoms with van der Waals surface area (Å²) >= 11 is 0. The second kappa shape index (κ2) is 21.3. The Morgan fingerprint density at radius 3 is 2.51 bits per heavy atom. The van der Waals surface area contributed by atoms with Crippen LogP contribution < -0.4 is 23.7 Å². The van der Waals surface area contributed by atoms with Gasteiger partial charge in [0.15, 0.2) is 17.8 Å². The molecule has 1 saturated heterocycles. The van der Waals surface area contributed by atoms with Crippen LogP contribution in [0.2, 0.25) is 0 Å². The first-order valence-corrected chi connectivity index (χ1v) is 23.2. The molecule has 3 heterocycles. The van der Waals surface area contributed by atoms with Crippen LogP contribution in [0.15, 0.2) is 84.1 Å². The Bertz CT molecular complexity index is 2220. The van der Waals surface area contributed by atoms with Gasteiger partial charge in [-0.25, -0.2) is 0 Å². The minimum Gasteiger partial charge on any atom is -0.496 e. The van der Waals surface area contributed by atoms with Crippen molar-refractivity contribution in [1.82, 2.24) is 4.90 Å². The van der Waals surface area contributed by atoms with Crippen LogP contribution >= 0.6 is 0 Å². The molecule has 14 nitrogen and oxygen atoms in total. The molecule has 0 aromatic heterocycles. The van der Waals surface area contributed by atoms with Crippen molar-refractivity contribution >= 4 is 17.9 Å². The quantitative estimate of drug-likeness (QED) is 0.0453. The molecule has 1 amide bonds. The third kappa shape index (κ3) is 9.63. The fourth-order valence-electron chi connectivity index (χ4n) is 10.5. The van der Waals surface area contributed by atoms with Gasteiger partial charge in [-0.15, -0.1) is 6.58 Å². The summed E-state index contributed by atoms with van der Waals surface area (Å²) in [6.45, 7) is 7.43. The van der Waals surface area contributed by atoms with Gasteiger partial charge in [-0.1, -0.05) is 37.1 Å². The summed E-state index contributed by atoms with van der Waals surface area (Å²) < 4.78 is 43.8. The van der Waals surface area contributed by atoms with E-state index in [0.29, 0.717) is 90.2 Å². The average Bonchev–Trinajstić information content (AvgIpc) is 3.82. The van der Waals surface area contributed by atoms with Crippen LogP contribution in [-0.2, 0) is 14.3 Å². The molecule has 3 aromatic carbocycles. The van der Waals surface area contributed by atoms with Crippen molar-refractivity contribution in [1.29, 1.82) is 0 Å². The molecule has 2 N–H and O–H groups in total.